The molecule has 1 aromatic heterocycles. The van der Waals surface area contributed by atoms with E-state index in [9.17, 15) is 4.79 Å². The highest BCUT2D eigenvalue weighted by molar-refractivity contribution is 5.77. The standard InChI is InChI=1S/C10H18N6O2/c11-16-5-9(13-8-16)12-7-14-1-3-15(4-2-14)10(18)6-17/h5,8,12,17H,1-4,6-7,11H2. The second-order valence-corrected chi connectivity index (χ2v) is 4.20. The van der Waals surface area contributed by atoms with Gasteiger partial charge in [-0.15, -0.1) is 0 Å². The van der Waals surface area contributed by atoms with Crippen LogP contribution in [0.5, 0.6) is 0 Å². The number of aromatic nitrogens is 2. The number of amides is 1. The number of hydrogen-bond donors (Lipinski definition) is 3. The maximum absolute atomic E-state index is 11.3. The predicted molar refractivity (Wildman–Crippen MR) is 66.1 cm³/mol. The van der Waals surface area contributed by atoms with Crippen molar-refractivity contribution in [1.29, 1.82) is 0 Å². The molecule has 1 aliphatic rings. The van der Waals surface area contributed by atoms with E-state index in [-0.39, 0.29) is 5.91 Å². The number of nitrogen functional groups attached to an aromatic ring is 1. The van der Waals surface area contributed by atoms with Crippen LogP contribution in [-0.4, -0.2) is 69.9 Å². The molecule has 1 amide bonds. The molecule has 0 aromatic carbocycles. The first-order chi connectivity index (χ1) is 8.69. The summed E-state index contributed by atoms with van der Waals surface area (Å²) in [5.74, 6) is 6.01. The first kappa shape index (κ1) is 12.7. The first-order valence-electron chi connectivity index (χ1n) is 5.83. The number of carbonyl (C=O) groups excluding carboxylic acids is 1. The van der Waals surface area contributed by atoms with Gasteiger partial charge in [0.25, 0.3) is 0 Å². The van der Waals surface area contributed by atoms with Crippen molar-refractivity contribution >= 4 is 11.7 Å². The molecule has 100 valence electrons. The van der Waals surface area contributed by atoms with Crippen LogP contribution in [0, 0.1) is 0 Å². The van der Waals surface area contributed by atoms with E-state index in [0.717, 1.165) is 18.9 Å². The molecule has 2 rings (SSSR count). The van der Waals surface area contributed by atoms with Gasteiger partial charge in [-0.3, -0.25) is 14.4 Å². The van der Waals surface area contributed by atoms with E-state index in [1.54, 1.807) is 11.1 Å². The maximum Gasteiger partial charge on any atom is 0.248 e. The fraction of sp³-hybridized carbons (Fsp3) is 0.600. The minimum absolute atomic E-state index is 0.204. The highest BCUT2D eigenvalue weighted by Crippen LogP contribution is 2.04. The van der Waals surface area contributed by atoms with Crippen molar-refractivity contribution < 1.29 is 9.90 Å². The van der Waals surface area contributed by atoms with Crippen molar-refractivity contribution in [2.24, 2.45) is 0 Å². The van der Waals surface area contributed by atoms with E-state index in [2.05, 4.69) is 15.2 Å². The quantitative estimate of drug-likeness (QED) is 0.543. The fourth-order valence-electron chi connectivity index (χ4n) is 1.88. The summed E-state index contributed by atoms with van der Waals surface area (Å²) in [5.41, 5.74) is 0. The van der Waals surface area contributed by atoms with Gasteiger partial charge in [-0.05, 0) is 0 Å². The maximum atomic E-state index is 11.3. The molecule has 0 spiro atoms. The van der Waals surface area contributed by atoms with Crippen molar-refractivity contribution in [1.82, 2.24) is 19.5 Å². The Morgan fingerprint density at radius 3 is 2.72 bits per heavy atom. The third-order valence-electron chi connectivity index (χ3n) is 2.95. The molecule has 8 heteroatoms. The molecule has 0 aliphatic carbocycles. The van der Waals surface area contributed by atoms with Crippen LogP contribution in [-0.2, 0) is 4.79 Å². The second kappa shape index (κ2) is 5.69. The number of nitrogens with zero attached hydrogens (tertiary/aromatic N) is 4. The Hall–Kier alpha value is -1.80. The lowest BCUT2D eigenvalue weighted by Gasteiger charge is -2.34. The lowest BCUT2D eigenvalue weighted by atomic mass is 10.3. The monoisotopic (exact) mass is 254 g/mol. The van der Waals surface area contributed by atoms with Crippen LogP contribution in [0.15, 0.2) is 12.5 Å². The van der Waals surface area contributed by atoms with E-state index >= 15 is 0 Å². The zero-order valence-corrected chi connectivity index (χ0v) is 10.1. The Bertz CT molecular complexity index is 399. The van der Waals surface area contributed by atoms with Gasteiger partial charge in [0.1, 0.15) is 18.8 Å². The van der Waals surface area contributed by atoms with E-state index in [1.165, 1.54) is 11.0 Å². The minimum atomic E-state index is -0.411. The molecule has 0 atom stereocenters. The van der Waals surface area contributed by atoms with Crippen molar-refractivity contribution in [3.05, 3.63) is 12.5 Å². The molecular formula is C10H18N6O2. The lowest BCUT2D eigenvalue weighted by Crippen LogP contribution is -2.50. The van der Waals surface area contributed by atoms with Gasteiger partial charge in [0, 0.05) is 26.2 Å². The van der Waals surface area contributed by atoms with Gasteiger partial charge < -0.3 is 21.2 Å². The van der Waals surface area contributed by atoms with Crippen LogP contribution < -0.4 is 11.2 Å². The molecule has 18 heavy (non-hydrogen) atoms. The highest BCUT2D eigenvalue weighted by Gasteiger charge is 2.19. The number of nitrogens with two attached hydrogens (primary N) is 1. The number of piperazine rings is 1. The van der Waals surface area contributed by atoms with E-state index < -0.39 is 6.61 Å². The Kier molecular flexibility index (Phi) is 4.00. The van der Waals surface area contributed by atoms with Crippen LogP contribution in [0.2, 0.25) is 0 Å². The number of aliphatic hydroxyl groups excluding tert-OH is 1. The van der Waals surface area contributed by atoms with Gasteiger partial charge in [-0.25, -0.2) is 4.98 Å². The largest absolute Gasteiger partial charge is 0.387 e. The summed E-state index contributed by atoms with van der Waals surface area (Å²) in [6, 6.07) is 0. The third-order valence-corrected chi connectivity index (χ3v) is 2.95. The van der Waals surface area contributed by atoms with Crippen LogP contribution in [0.1, 0.15) is 0 Å². The molecule has 0 unspecified atom stereocenters. The van der Waals surface area contributed by atoms with E-state index in [1.807, 2.05) is 0 Å². The SMILES string of the molecule is Nn1cnc(NCN2CCN(C(=O)CO)CC2)c1. The second-order valence-electron chi connectivity index (χ2n) is 4.20. The van der Waals surface area contributed by atoms with Gasteiger partial charge in [-0.2, -0.15) is 0 Å². The number of hydrogen-bond acceptors (Lipinski definition) is 6. The Morgan fingerprint density at radius 2 is 2.17 bits per heavy atom. The van der Waals surface area contributed by atoms with Crippen LogP contribution in [0.3, 0.4) is 0 Å². The molecule has 0 saturated carbocycles. The van der Waals surface area contributed by atoms with Crippen molar-refractivity contribution in [3.63, 3.8) is 0 Å². The summed E-state index contributed by atoms with van der Waals surface area (Å²) in [6.07, 6.45) is 3.23. The first-order valence-corrected chi connectivity index (χ1v) is 5.83. The van der Waals surface area contributed by atoms with Crippen molar-refractivity contribution in [3.8, 4) is 0 Å². The van der Waals surface area contributed by atoms with E-state index in [0.29, 0.717) is 19.8 Å². The predicted octanol–water partition coefficient (Wildman–Crippen LogP) is -1.90. The molecule has 1 fully saturated rings. The number of rotatable bonds is 4. The average molecular weight is 254 g/mol. The Morgan fingerprint density at radius 1 is 1.44 bits per heavy atom. The average Bonchev–Trinajstić information content (AvgIpc) is 2.82. The number of carbonyl (C=O) groups is 1. The van der Waals surface area contributed by atoms with Crippen LogP contribution >= 0.6 is 0 Å². The van der Waals surface area contributed by atoms with Crippen molar-refractivity contribution in [2.45, 2.75) is 0 Å². The number of anilines is 1. The number of nitrogens with one attached hydrogen (secondary N) is 1. The van der Waals surface area contributed by atoms with Gasteiger partial charge in [-0.1, -0.05) is 0 Å². The fourth-order valence-corrected chi connectivity index (χ4v) is 1.88. The summed E-state index contributed by atoms with van der Waals surface area (Å²) in [6.45, 7) is 3.10. The van der Waals surface area contributed by atoms with Gasteiger partial charge >= 0.3 is 0 Å². The highest BCUT2D eigenvalue weighted by atomic mass is 16.3. The topological polar surface area (TPSA) is 99.7 Å². The van der Waals surface area contributed by atoms with Gasteiger partial charge in [0.05, 0.1) is 12.9 Å². The summed E-state index contributed by atoms with van der Waals surface area (Å²) in [5, 5.41) is 11.9. The molecule has 4 N–H and O–H groups in total. The number of imidazole rings is 1. The molecule has 1 saturated heterocycles. The summed E-state index contributed by atoms with van der Waals surface area (Å²) < 4.78 is 1.39. The van der Waals surface area contributed by atoms with Gasteiger partial charge in [0.2, 0.25) is 5.91 Å². The summed E-state index contributed by atoms with van der Waals surface area (Å²) in [7, 11) is 0. The Labute approximate surface area is 105 Å². The molecular weight excluding hydrogens is 236 g/mol. The number of aliphatic hydroxyl groups is 1. The lowest BCUT2D eigenvalue weighted by molar-refractivity contribution is -0.135. The Balaban J connectivity index is 1.72. The minimum Gasteiger partial charge on any atom is -0.387 e. The smallest absolute Gasteiger partial charge is 0.248 e. The van der Waals surface area contributed by atoms with Crippen LogP contribution in [0.4, 0.5) is 5.82 Å². The zero-order chi connectivity index (χ0) is 13.0. The molecule has 1 aromatic rings. The normalized spacial score (nSPS) is 16.8. The summed E-state index contributed by atoms with van der Waals surface area (Å²) >= 11 is 0. The van der Waals surface area contributed by atoms with Crippen LogP contribution in [0.25, 0.3) is 0 Å². The molecule has 8 nitrogen and oxygen atoms in total. The third kappa shape index (κ3) is 3.11. The van der Waals surface area contributed by atoms with Crippen molar-refractivity contribution in [2.75, 3.05) is 50.6 Å². The molecule has 1 aliphatic heterocycles. The molecule has 0 bridgehead atoms. The molecule has 2 heterocycles. The molecule has 0 radical (unpaired) electrons. The van der Waals surface area contributed by atoms with Gasteiger partial charge in [0.15, 0.2) is 0 Å². The summed E-state index contributed by atoms with van der Waals surface area (Å²) in [4.78, 5) is 19.2. The van der Waals surface area contributed by atoms with E-state index in [4.69, 9.17) is 10.9 Å². The zero-order valence-electron chi connectivity index (χ0n) is 10.1.